The standard InChI is InChI=1S/C38H57N5O7S/c1-10-24(4)33(41-35(46)30-17-14-18-42(30)7)37(47)43(8)31(23(2)3)21-32(50-26(6)44)36-40-29(22-51-36)34(45)39-28(19-25(5)38(48)49-9)20-27-15-12-11-13-16-27/h11-13,15-16,22-25,28,30-33H,10,14,17-21H2,1-9H3,(H,39,45)(H,41,46)/t24-,25-,28+,30+,31+,32+,33-/m0/s1. The molecule has 0 radical (unpaired) electrons. The number of hydrogen-bond acceptors (Lipinski definition) is 10. The predicted molar refractivity (Wildman–Crippen MR) is 197 cm³/mol. The molecular formula is C38H57N5O7S. The quantitative estimate of drug-likeness (QED) is 0.207. The highest BCUT2D eigenvalue weighted by Gasteiger charge is 2.37. The van der Waals surface area contributed by atoms with Crippen molar-refractivity contribution in [3.8, 4) is 0 Å². The van der Waals surface area contributed by atoms with Crippen LogP contribution in [0.4, 0.5) is 0 Å². The summed E-state index contributed by atoms with van der Waals surface area (Å²) in [6.45, 7) is 11.9. The smallest absolute Gasteiger partial charge is 0.308 e. The minimum absolute atomic E-state index is 0.0375. The topological polar surface area (TPSA) is 147 Å². The van der Waals surface area contributed by atoms with Gasteiger partial charge in [0.05, 0.1) is 19.1 Å². The van der Waals surface area contributed by atoms with Crippen LogP contribution in [0.5, 0.6) is 0 Å². The second-order valence-corrected chi connectivity index (χ2v) is 15.1. The molecule has 0 bridgehead atoms. The van der Waals surface area contributed by atoms with E-state index in [1.165, 1.54) is 25.4 Å². The van der Waals surface area contributed by atoms with Crippen LogP contribution in [0.15, 0.2) is 35.7 Å². The summed E-state index contributed by atoms with van der Waals surface area (Å²) in [5, 5.41) is 8.16. The van der Waals surface area contributed by atoms with Gasteiger partial charge in [0.15, 0.2) is 6.10 Å². The van der Waals surface area contributed by atoms with E-state index in [4.69, 9.17) is 9.47 Å². The molecular weight excluding hydrogens is 671 g/mol. The molecule has 0 spiro atoms. The number of nitrogens with zero attached hydrogens (tertiary/aromatic N) is 3. The summed E-state index contributed by atoms with van der Waals surface area (Å²) in [5.41, 5.74) is 1.17. The van der Waals surface area contributed by atoms with E-state index in [1.54, 1.807) is 24.3 Å². The molecule has 2 aromatic rings. The number of methoxy groups -OCH3 is 1. The van der Waals surface area contributed by atoms with Gasteiger partial charge in [0.25, 0.3) is 5.91 Å². The zero-order valence-corrected chi connectivity index (χ0v) is 32.5. The number of amides is 3. The molecule has 7 atom stereocenters. The number of carbonyl (C=O) groups is 5. The van der Waals surface area contributed by atoms with Crippen molar-refractivity contribution in [1.29, 1.82) is 0 Å². The number of rotatable bonds is 18. The Hall–Kier alpha value is -3.84. The molecule has 282 valence electrons. The largest absolute Gasteiger partial charge is 0.469 e. The number of carbonyl (C=O) groups excluding carboxylic acids is 5. The van der Waals surface area contributed by atoms with Crippen molar-refractivity contribution in [2.24, 2.45) is 17.8 Å². The van der Waals surface area contributed by atoms with Crippen LogP contribution in [0.2, 0.25) is 0 Å². The van der Waals surface area contributed by atoms with Gasteiger partial charge in [0, 0.05) is 37.9 Å². The first-order valence-corrected chi connectivity index (χ1v) is 18.9. The van der Waals surface area contributed by atoms with Crippen LogP contribution in [0.3, 0.4) is 0 Å². The molecule has 3 amide bonds. The first kappa shape index (κ1) is 41.6. The molecule has 2 N–H and O–H groups in total. The predicted octanol–water partition coefficient (Wildman–Crippen LogP) is 4.79. The fourth-order valence-corrected chi connectivity index (χ4v) is 7.51. The molecule has 1 fully saturated rings. The van der Waals surface area contributed by atoms with E-state index < -0.39 is 29.9 Å². The highest BCUT2D eigenvalue weighted by molar-refractivity contribution is 7.09. The van der Waals surface area contributed by atoms with E-state index in [1.807, 2.05) is 70.0 Å². The number of hydrogen-bond donors (Lipinski definition) is 2. The molecule has 1 aliphatic heterocycles. The molecule has 51 heavy (non-hydrogen) atoms. The third-order valence-corrected chi connectivity index (χ3v) is 10.8. The number of likely N-dealkylation sites (N-methyl/N-ethyl adjacent to an activating group) is 2. The monoisotopic (exact) mass is 727 g/mol. The maximum atomic E-state index is 14.1. The van der Waals surface area contributed by atoms with Gasteiger partial charge in [0.2, 0.25) is 11.8 Å². The average molecular weight is 728 g/mol. The highest BCUT2D eigenvalue weighted by atomic mass is 32.1. The fourth-order valence-electron chi connectivity index (χ4n) is 6.67. The lowest BCUT2D eigenvalue weighted by molar-refractivity contribution is -0.149. The molecule has 1 aliphatic rings. The minimum atomic E-state index is -0.819. The lowest BCUT2D eigenvalue weighted by atomic mass is 9.93. The molecule has 12 nitrogen and oxygen atoms in total. The van der Waals surface area contributed by atoms with Crippen LogP contribution in [0, 0.1) is 17.8 Å². The highest BCUT2D eigenvalue weighted by Crippen LogP contribution is 2.31. The van der Waals surface area contributed by atoms with Crippen molar-refractivity contribution in [2.75, 3.05) is 27.7 Å². The second-order valence-electron chi connectivity index (χ2n) is 14.2. The average Bonchev–Trinajstić information content (AvgIpc) is 3.77. The van der Waals surface area contributed by atoms with Crippen LogP contribution in [0.1, 0.15) is 101 Å². The summed E-state index contributed by atoms with van der Waals surface area (Å²) < 4.78 is 10.7. The number of ether oxygens (including phenoxy) is 2. The van der Waals surface area contributed by atoms with Crippen LogP contribution in [-0.4, -0.2) is 96.4 Å². The van der Waals surface area contributed by atoms with Gasteiger partial charge >= 0.3 is 11.9 Å². The Bertz CT molecular complexity index is 1470. The molecule has 0 aliphatic carbocycles. The lowest BCUT2D eigenvalue weighted by Gasteiger charge is -2.37. The van der Waals surface area contributed by atoms with E-state index >= 15 is 0 Å². The lowest BCUT2D eigenvalue weighted by Crippen LogP contribution is -2.56. The number of esters is 2. The minimum Gasteiger partial charge on any atom is -0.469 e. The molecule has 3 rings (SSSR count). The summed E-state index contributed by atoms with van der Waals surface area (Å²) >= 11 is 1.20. The van der Waals surface area contributed by atoms with Gasteiger partial charge < -0.3 is 25.0 Å². The molecule has 0 unspecified atom stereocenters. The van der Waals surface area contributed by atoms with Crippen molar-refractivity contribution in [1.82, 2.24) is 25.4 Å². The van der Waals surface area contributed by atoms with Gasteiger partial charge in [-0.05, 0) is 56.7 Å². The van der Waals surface area contributed by atoms with E-state index in [9.17, 15) is 24.0 Å². The molecule has 0 saturated carbocycles. The molecule has 1 aromatic heterocycles. The maximum absolute atomic E-state index is 14.1. The van der Waals surface area contributed by atoms with Crippen LogP contribution < -0.4 is 10.6 Å². The molecule has 13 heteroatoms. The van der Waals surface area contributed by atoms with Gasteiger partial charge in [-0.1, -0.05) is 71.4 Å². The van der Waals surface area contributed by atoms with Gasteiger partial charge in [-0.25, -0.2) is 4.98 Å². The zero-order chi connectivity index (χ0) is 37.8. The van der Waals surface area contributed by atoms with Crippen LogP contribution in [-0.2, 0) is 35.1 Å². The first-order chi connectivity index (χ1) is 24.2. The van der Waals surface area contributed by atoms with Gasteiger partial charge in [0.1, 0.15) is 16.7 Å². The molecule has 1 aromatic carbocycles. The summed E-state index contributed by atoms with van der Waals surface area (Å²) in [6.07, 6.45) is 2.69. The van der Waals surface area contributed by atoms with Crippen LogP contribution >= 0.6 is 11.3 Å². The van der Waals surface area contributed by atoms with E-state index in [0.717, 1.165) is 24.9 Å². The number of aromatic nitrogens is 1. The van der Waals surface area contributed by atoms with Crippen molar-refractivity contribution < 1.29 is 33.4 Å². The van der Waals surface area contributed by atoms with Gasteiger partial charge in [-0.3, -0.25) is 28.9 Å². The SMILES string of the molecule is CC[C@H](C)[C@H](NC(=O)[C@H]1CCCN1C)C(=O)N(C)[C@H](C[C@@H](OC(C)=O)c1nc(C(=O)N[C@@H](Cc2ccccc2)C[C@H](C)C(=O)OC)cs1)C(C)C. The fraction of sp³-hybridized carbons (Fsp3) is 0.632. The third kappa shape index (κ3) is 11.8. The normalized spacial score (nSPS) is 18.2. The summed E-state index contributed by atoms with van der Waals surface area (Å²) in [5.74, 6) is -2.20. The van der Waals surface area contributed by atoms with Crippen molar-refractivity contribution >= 4 is 41.0 Å². The second kappa shape index (κ2) is 19.7. The third-order valence-electron chi connectivity index (χ3n) is 9.91. The van der Waals surface area contributed by atoms with E-state index in [0.29, 0.717) is 24.3 Å². The Kier molecular flexibility index (Phi) is 16.0. The first-order valence-electron chi connectivity index (χ1n) is 18.0. The number of benzene rings is 1. The van der Waals surface area contributed by atoms with Crippen molar-refractivity contribution in [3.63, 3.8) is 0 Å². The van der Waals surface area contributed by atoms with Crippen molar-refractivity contribution in [2.45, 2.75) is 110 Å². The number of thiazole rings is 1. The Morgan fingerprint density at radius 1 is 1.06 bits per heavy atom. The van der Waals surface area contributed by atoms with Gasteiger partial charge in [-0.15, -0.1) is 11.3 Å². The maximum Gasteiger partial charge on any atom is 0.308 e. The zero-order valence-electron chi connectivity index (χ0n) is 31.6. The van der Waals surface area contributed by atoms with E-state index in [2.05, 4.69) is 15.6 Å². The number of likely N-dealkylation sites (tertiary alicyclic amines) is 1. The number of nitrogens with one attached hydrogen (secondary N) is 2. The Morgan fingerprint density at radius 2 is 1.75 bits per heavy atom. The Balaban J connectivity index is 1.81. The molecule has 2 heterocycles. The summed E-state index contributed by atoms with van der Waals surface area (Å²) in [6, 6.07) is 7.97. The summed E-state index contributed by atoms with van der Waals surface area (Å²) in [4.78, 5) is 73.8. The summed E-state index contributed by atoms with van der Waals surface area (Å²) in [7, 11) is 5.00. The van der Waals surface area contributed by atoms with Crippen LogP contribution in [0.25, 0.3) is 0 Å². The molecule has 1 saturated heterocycles. The van der Waals surface area contributed by atoms with E-state index in [-0.39, 0.29) is 59.9 Å². The Labute approximate surface area is 307 Å². The van der Waals surface area contributed by atoms with Crippen molar-refractivity contribution in [3.05, 3.63) is 52.0 Å². The van der Waals surface area contributed by atoms with Gasteiger partial charge in [-0.2, -0.15) is 0 Å². The Morgan fingerprint density at radius 3 is 2.31 bits per heavy atom.